The number of rotatable bonds is 12. The van der Waals surface area contributed by atoms with Crippen LogP contribution in [-0.2, 0) is 25.6 Å². The zero-order valence-electron chi connectivity index (χ0n) is 21.0. The van der Waals surface area contributed by atoms with E-state index in [1.54, 1.807) is 6.20 Å². The molecule has 202 valence electrons. The maximum absolute atomic E-state index is 13.6. The molecule has 1 aliphatic heterocycles. The molecule has 0 radical (unpaired) electrons. The van der Waals surface area contributed by atoms with Gasteiger partial charge in [-0.2, -0.15) is 11.8 Å². The zero-order chi connectivity index (χ0) is 27.1. The van der Waals surface area contributed by atoms with Crippen molar-refractivity contribution < 1.29 is 29.4 Å². The van der Waals surface area contributed by atoms with E-state index in [1.807, 2.05) is 30.5 Å². The molecule has 2 aromatic rings. The van der Waals surface area contributed by atoms with Crippen LogP contribution in [0, 0.1) is 0 Å². The average molecular weight is 534 g/mol. The zero-order valence-corrected chi connectivity index (χ0v) is 21.8. The van der Waals surface area contributed by atoms with Crippen LogP contribution in [-0.4, -0.2) is 92.6 Å². The molecule has 1 fully saturated rings. The van der Waals surface area contributed by atoms with E-state index in [1.165, 1.54) is 23.6 Å². The Kier molecular flexibility index (Phi) is 9.95. The lowest BCUT2D eigenvalue weighted by molar-refractivity contribution is -0.149. The summed E-state index contributed by atoms with van der Waals surface area (Å²) < 4.78 is 0. The van der Waals surface area contributed by atoms with Gasteiger partial charge in [0.05, 0.1) is 6.10 Å². The van der Waals surface area contributed by atoms with Crippen LogP contribution in [0.2, 0.25) is 0 Å². The number of H-pyrrole nitrogens is 1. The number of para-hydroxylation sites is 1. The second kappa shape index (κ2) is 12.9. The van der Waals surface area contributed by atoms with Crippen LogP contribution in [0.4, 0.5) is 0 Å². The van der Waals surface area contributed by atoms with Crippen LogP contribution in [0.25, 0.3) is 10.9 Å². The quantitative estimate of drug-likeness (QED) is 0.224. The van der Waals surface area contributed by atoms with E-state index >= 15 is 0 Å². The molecule has 5 atom stereocenters. The third-order valence-electron chi connectivity index (χ3n) is 6.60. The number of aromatic amines is 1. The average Bonchev–Trinajstić information content (AvgIpc) is 3.52. The van der Waals surface area contributed by atoms with Crippen LogP contribution < -0.4 is 16.4 Å². The summed E-state index contributed by atoms with van der Waals surface area (Å²) in [5, 5.41) is 25.5. The number of aliphatic carboxylic acids is 1. The van der Waals surface area contributed by atoms with Crippen LogP contribution in [0.5, 0.6) is 0 Å². The minimum atomic E-state index is -1.21. The molecule has 3 amide bonds. The van der Waals surface area contributed by atoms with Crippen molar-refractivity contribution in [2.45, 2.75) is 62.9 Å². The fourth-order valence-corrected chi connectivity index (χ4v) is 4.94. The standard InChI is InChI=1S/C25H35N5O6S/c1-14(31)21(26)23(33)28-18(9-11-37-2)22(32)29-19(24(34)30-10-5-8-20(30)25(35)36)12-15-13-27-17-7-4-3-6-16(15)17/h3-4,6-7,13-14,18-21,27,31H,5,8-12,26H2,1-2H3,(H,28,33)(H,29,32)(H,35,36). The molecular formula is C25H35N5O6S. The highest BCUT2D eigenvalue weighted by Crippen LogP contribution is 2.23. The molecule has 11 nitrogen and oxygen atoms in total. The number of carbonyl (C=O) groups is 4. The number of benzene rings is 1. The van der Waals surface area contributed by atoms with Crippen molar-refractivity contribution in [3.63, 3.8) is 0 Å². The number of aliphatic hydroxyl groups excluding tert-OH is 1. The summed E-state index contributed by atoms with van der Waals surface area (Å²) in [6.45, 7) is 1.66. The predicted octanol–water partition coefficient (Wildman–Crippen LogP) is 0.217. The fourth-order valence-electron chi connectivity index (χ4n) is 4.47. The lowest BCUT2D eigenvalue weighted by Crippen LogP contribution is -2.58. The molecule has 1 aliphatic rings. The number of likely N-dealkylation sites (tertiary alicyclic amines) is 1. The molecule has 0 aliphatic carbocycles. The van der Waals surface area contributed by atoms with Crippen molar-refractivity contribution in [3.05, 3.63) is 36.0 Å². The molecule has 0 bridgehead atoms. The van der Waals surface area contributed by atoms with Gasteiger partial charge in [0.1, 0.15) is 24.2 Å². The normalized spacial score (nSPS) is 18.7. The number of aromatic nitrogens is 1. The van der Waals surface area contributed by atoms with E-state index in [0.29, 0.717) is 18.6 Å². The Morgan fingerprint density at radius 2 is 1.89 bits per heavy atom. The highest BCUT2D eigenvalue weighted by Gasteiger charge is 2.38. The summed E-state index contributed by atoms with van der Waals surface area (Å²) in [6.07, 6.45) is 3.84. The van der Waals surface area contributed by atoms with Crippen molar-refractivity contribution in [2.75, 3.05) is 18.6 Å². The van der Waals surface area contributed by atoms with Gasteiger partial charge in [-0.1, -0.05) is 18.2 Å². The molecule has 5 unspecified atom stereocenters. The van der Waals surface area contributed by atoms with Crippen LogP contribution >= 0.6 is 11.8 Å². The van der Waals surface area contributed by atoms with Gasteiger partial charge in [0.2, 0.25) is 17.7 Å². The number of carboxylic acids is 1. The Balaban J connectivity index is 1.87. The van der Waals surface area contributed by atoms with E-state index in [0.717, 1.165) is 16.5 Å². The fraction of sp³-hybridized carbons (Fsp3) is 0.520. The molecule has 37 heavy (non-hydrogen) atoms. The lowest BCUT2D eigenvalue weighted by Gasteiger charge is -2.29. The summed E-state index contributed by atoms with van der Waals surface area (Å²) in [4.78, 5) is 55.7. The Labute approximate surface area is 219 Å². The minimum Gasteiger partial charge on any atom is -0.480 e. The Morgan fingerprint density at radius 1 is 1.19 bits per heavy atom. The summed E-state index contributed by atoms with van der Waals surface area (Å²) in [6, 6.07) is 3.34. The minimum absolute atomic E-state index is 0.133. The Bertz CT molecular complexity index is 1120. The molecule has 1 aromatic carbocycles. The first-order valence-corrected chi connectivity index (χ1v) is 13.6. The number of nitrogens with two attached hydrogens (primary N) is 1. The molecule has 12 heteroatoms. The largest absolute Gasteiger partial charge is 0.480 e. The first-order chi connectivity index (χ1) is 17.6. The monoisotopic (exact) mass is 533 g/mol. The third kappa shape index (κ3) is 7.02. The van der Waals surface area contributed by atoms with Crippen molar-refractivity contribution >= 4 is 46.4 Å². The van der Waals surface area contributed by atoms with E-state index in [-0.39, 0.29) is 19.4 Å². The van der Waals surface area contributed by atoms with Crippen LogP contribution in [0.3, 0.4) is 0 Å². The maximum Gasteiger partial charge on any atom is 0.326 e. The molecule has 7 N–H and O–H groups in total. The molecule has 1 aromatic heterocycles. The van der Waals surface area contributed by atoms with Gasteiger partial charge in [-0.15, -0.1) is 0 Å². The molecular weight excluding hydrogens is 498 g/mol. The van der Waals surface area contributed by atoms with Gasteiger partial charge in [0, 0.05) is 30.1 Å². The summed E-state index contributed by atoms with van der Waals surface area (Å²) in [7, 11) is 0. The van der Waals surface area contributed by atoms with Crippen LogP contribution in [0.1, 0.15) is 31.7 Å². The highest BCUT2D eigenvalue weighted by molar-refractivity contribution is 7.98. The van der Waals surface area contributed by atoms with Gasteiger partial charge in [-0.25, -0.2) is 4.79 Å². The highest BCUT2D eigenvalue weighted by atomic mass is 32.2. The number of fused-ring (bicyclic) bond motifs is 1. The van der Waals surface area contributed by atoms with Gasteiger partial charge in [0.15, 0.2) is 0 Å². The van der Waals surface area contributed by atoms with Crippen LogP contribution in [0.15, 0.2) is 30.5 Å². The Morgan fingerprint density at radius 3 is 2.57 bits per heavy atom. The van der Waals surface area contributed by atoms with Gasteiger partial charge in [-0.05, 0) is 49.8 Å². The van der Waals surface area contributed by atoms with Gasteiger partial charge in [0.25, 0.3) is 0 Å². The second-order valence-corrected chi connectivity index (χ2v) is 10.2. The summed E-state index contributed by atoms with van der Waals surface area (Å²) >= 11 is 1.49. The Hall–Kier alpha value is -3.09. The third-order valence-corrected chi connectivity index (χ3v) is 7.24. The van der Waals surface area contributed by atoms with Crippen molar-refractivity contribution in [2.24, 2.45) is 5.73 Å². The number of hydrogen-bond donors (Lipinski definition) is 6. The van der Waals surface area contributed by atoms with Gasteiger partial charge >= 0.3 is 5.97 Å². The van der Waals surface area contributed by atoms with E-state index in [9.17, 15) is 29.4 Å². The molecule has 3 rings (SSSR count). The van der Waals surface area contributed by atoms with Crippen molar-refractivity contribution in [1.82, 2.24) is 20.5 Å². The topological polar surface area (TPSA) is 178 Å². The SMILES string of the molecule is CSCCC(NC(=O)C(N)C(C)O)C(=O)NC(Cc1c[nH]c2ccccc12)C(=O)N1CCCC1C(=O)O. The number of thioether (sulfide) groups is 1. The first kappa shape index (κ1) is 28.5. The predicted molar refractivity (Wildman–Crippen MR) is 141 cm³/mol. The number of nitrogens with one attached hydrogen (secondary N) is 3. The molecule has 0 spiro atoms. The van der Waals surface area contributed by atoms with Gasteiger partial charge < -0.3 is 36.5 Å². The first-order valence-electron chi connectivity index (χ1n) is 12.3. The smallest absolute Gasteiger partial charge is 0.326 e. The molecule has 1 saturated heterocycles. The number of nitrogens with zero attached hydrogens (tertiary/aromatic N) is 1. The summed E-state index contributed by atoms with van der Waals surface area (Å²) in [5.41, 5.74) is 7.40. The summed E-state index contributed by atoms with van der Waals surface area (Å²) in [5.74, 6) is -2.28. The number of carbonyl (C=O) groups excluding carboxylic acids is 3. The van der Waals surface area contributed by atoms with Gasteiger partial charge in [-0.3, -0.25) is 14.4 Å². The molecule has 2 heterocycles. The number of aliphatic hydroxyl groups is 1. The maximum atomic E-state index is 13.6. The number of hydrogen-bond acceptors (Lipinski definition) is 7. The number of carboxylic acid groups (broad SMARTS) is 1. The van der Waals surface area contributed by atoms with E-state index in [2.05, 4.69) is 15.6 Å². The lowest BCUT2D eigenvalue weighted by atomic mass is 10.0. The van der Waals surface area contributed by atoms with E-state index < -0.39 is 54.0 Å². The second-order valence-electron chi connectivity index (χ2n) is 9.26. The van der Waals surface area contributed by atoms with Crippen molar-refractivity contribution in [1.29, 1.82) is 0 Å². The number of amides is 3. The van der Waals surface area contributed by atoms with E-state index in [4.69, 9.17) is 5.73 Å². The van der Waals surface area contributed by atoms with Crippen molar-refractivity contribution in [3.8, 4) is 0 Å². The molecule has 0 saturated carbocycles.